The van der Waals surface area contributed by atoms with Gasteiger partial charge < -0.3 is 4.74 Å². The minimum Gasteiger partial charge on any atom is -0.491 e. The second kappa shape index (κ2) is 14.1. The molecule has 2 aromatic rings. The average molecular weight is 397 g/mol. The van der Waals surface area contributed by atoms with Gasteiger partial charge in [0.1, 0.15) is 5.75 Å². The topological polar surface area (TPSA) is 35.0 Å². The van der Waals surface area contributed by atoms with E-state index in [-0.39, 0.29) is 6.10 Å². The van der Waals surface area contributed by atoms with Gasteiger partial charge in [-0.2, -0.15) is 0 Å². The molecule has 3 nitrogen and oxygen atoms in total. The van der Waals surface area contributed by atoms with Crippen LogP contribution in [0.4, 0.5) is 0 Å². The minimum atomic E-state index is 0.257. The molecule has 1 atom stereocenters. The minimum absolute atomic E-state index is 0.257. The van der Waals surface area contributed by atoms with Crippen molar-refractivity contribution in [3.63, 3.8) is 0 Å². The molecule has 0 N–H and O–H groups in total. The van der Waals surface area contributed by atoms with E-state index in [1.807, 2.05) is 24.5 Å². The molecular weight excluding hydrogens is 356 g/mol. The Morgan fingerprint density at radius 2 is 1.34 bits per heavy atom. The molecule has 0 saturated heterocycles. The number of nitrogens with zero attached hydrogens (tertiary/aromatic N) is 2. The lowest BCUT2D eigenvalue weighted by Crippen LogP contribution is -2.11. The number of unbranched alkanes of at least 4 members (excludes halogenated alkanes) is 8. The molecule has 0 radical (unpaired) electrons. The third-order valence-electron chi connectivity index (χ3n) is 5.44. The Morgan fingerprint density at radius 1 is 0.759 bits per heavy atom. The maximum atomic E-state index is 5.98. The van der Waals surface area contributed by atoms with Crippen LogP contribution in [-0.4, -0.2) is 16.1 Å². The van der Waals surface area contributed by atoms with Crippen LogP contribution in [0, 0.1) is 0 Å². The first kappa shape index (κ1) is 23.4. The Bertz CT molecular complexity index is 651. The molecule has 29 heavy (non-hydrogen) atoms. The summed E-state index contributed by atoms with van der Waals surface area (Å²) in [5.41, 5.74) is 2.28. The van der Waals surface area contributed by atoms with E-state index in [9.17, 15) is 0 Å². The number of benzene rings is 1. The molecule has 0 aliphatic rings. The van der Waals surface area contributed by atoms with Gasteiger partial charge in [-0.1, -0.05) is 71.6 Å². The van der Waals surface area contributed by atoms with Gasteiger partial charge in [0, 0.05) is 18.0 Å². The van der Waals surface area contributed by atoms with Crippen molar-refractivity contribution < 1.29 is 4.74 Å². The Balaban J connectivity index is 1.72. The fraction of sp³-hybridized carbons (Fsp3) is 0.615. The second-order valence-corrected chi connectivity index (χ2v) is 8.23. The van der Waals surface area contributed by atoms with Gasteiger partial charge in [-0.15, -0.1) is 0 Å². The van der Waals surface area contributed by atoms with Gasteiger partial charge in [0.25, 0.3) is 0 Å². The van der Waals surface area contributed by atoms with E-state index in [1.54, 1.807) is 0 Å². The second-order valence-electron chi connectivity index (χ2n) is 8.23. The molecule has 160 valence electrons. The fourth-order valence-electron chi connectivity index (χ4n) is 3.56. The Kier molecular flexibility index (Phi) is 11.4. The zero-order valence-corrected chi connectivity index (χ0v) is 18.8. The Morgan fingerprint density at radius 3 is 1.97 bits per heavy atom. The number of hydrogen-bond acceptors (Lipinski definition) is 3. The average Bonchev–Trinajstić information content (AvgIpc) is 2.75. The molecule has 0 bridgehead atoms. The monoisotopic (exact) mass is 396 g/mol. The molecule has 1 heterocycles. The molecule has 0 aliphatic heterocycles. The van der Waals surface area contributed by atoms with Crippen LogP contribution in [0.15, 0.2) is 36.7 Å². The highest BCUT2D eigenvalue weighted by Gasteiger charge is 2.06. The molecule has 1 aromatic carbocycles. The Labute approximate surface area is 178 Å². The molecule has 0 aliphatic carbocycles. The highest BCUT2D eigenvalue weighted by atomic mass is 16.5. The third-order valence-corrected chi connectivity index (χ3v) is 5.44. The highest BCUT2D eigenvalue weighted by molar-refractivity contribution is 5.55. The van der Waals surface area contributed by atoms with E-state index in [0.29, 0.717) is 0 Å². The summed E-state index contributed by atoms with van der Waals surface area (Å²) in [5.74, 6) is 1.71. The van der Waals surface area contributed by atoms with Crippen LogP contribution in [0.1, 0.15) is 97.0 Å². The molecule has 0 fully saturated rings. The van der Waals surface area contributed by atoms with Crippen molar-refractivity contribution in [1.82, 2.24) is 9.97 Å². The zero-order chi connectivity index (χ0) is 20.7. The van der Waals surface area contributed by atoms with Crippen LogP contribution in [0.5, 0.6) is 5.75 Å². The van der Waals surface area contributed by atoms with Crippen molar-refractivity contribution in [3.05, 3.63) is 42.2 Å². The molecule has 3 heteroatoms. The summed E-state index contributed by atoms with van der Waals surface area (Å²) in [5, 5.41) is 0. The number of hydrogen-bond donors (Lipinski definition) is 0. The van der Waals surface area contributed by atoms with Crippen molar-refractivity contribution in [1.29, 1.82) is 0 Å². The normalized spacial score (nSPS) is 12.1. The maximum Gasteiger partial charge on any atom is 0.159 e. The molecule has 0 spiro atoms. The van der Waals surface area contributed by atoms with E-state index >= 15 is 0 Å². The largest absolute Gasteiger partial charge is 0.491 e. The van der Waals surface area contributed by atoms with Gasteiger partial charge in [-0.05, 0) is 56.0 Å². The van der Waals surface area contributed by atoms with E-state index in [4.69, 9.17) is 4.74 Å². The molecule has 1 aromatic heterocycles. The SMILES string of the molecule is CCCCCCCCCCc1cnc(-c2ccc(O[C@@H](C)CCCC)cc2)nc1. The van der Waals surface area contributed by atoms with Crippen molar-refractivity contribution in [3.8, 4) is 17.1 Å². The van der Waals surface area contributed by atoms with Crippen molar-refractivity contribution in [2.24, 2.45) is 0 Å². The summed E-state index contributed by atoms with van der Waals surface area (Å²) < 4.78 is 5.98. The molecule has 0 amide bonds. The van der Waals surface area contributed by atoms with E-state index in [1.165, 1.54) is 69.8 Å². The number of rotatable bonds is 15. The number of aromatic nitrogens is 2. The molecule has 2 rings (SSSR count). The highest BCUT2D eigenvalue weighted by Crippen LogP contribution is 2.21. The van der Waals surface area contributed by atoms with Crippen LogP contribution in [0.3, 0.4) is 0 Å². The summed E-state index contributed by atoms with van der Waals surface area (Å²) in [4.78, 5) is 9.15. The number of ether oxygens (including phenoxy) is 1. The first-order valence-corrected chi connectivity index (χ1v) is 11.8. The first-order chi connectivity index (χ1) is 14.2. The smallest absolute Gasteiger partial charge is 0.159 e. The molecule has 0 saturated carbocycles. The summed E-state index contributed by atoms with van der Waals surface area (Å²) >= 11 is 0. The van der Waals surface area contributed by atoms with E-state index < -0.39 is 0 Å². The summed E-state index contributed by atoms with van der Waals surface area (Å²) in [6, 6.07) is 8.15. The predicted octanol–water partition coefficient (Wildman–Crippen LogP) is 7.78. The van der Waals surface area contributed by atoms with Crippen molar-refractivity contribution in [2.45, 2.75) is 104 Å². The lowest BCUT2D eigenvalue weighted by atomic mass is 10.1. The van der Waals surface area contributed by atoms with Gasteiger partial charge in [-0.25, -0.2) is 9.97 Å². The van der Waals surface area contributed by atoms with Crippen LogP contribution in [-0.2, 0) is 6.42 Å². The quantitative estimate of drug-likeness (QED) is 0.288. The Hall–Kier alpha value is -1.90. The van der Waals surface area contributed by atoms with Crippen LogP contribution in [0.25, 0.3) is 11.4 Å². The van der Waals surface area contributed by atoms with Crippen molar-refractivity contribution in [2.75, 3.05) is 0 Å². The van der Waals surface area contributed by atoms with Gasteiger partial charge in [0.05, 0.1) is 6.10 Å². The van der Waals surface area contributed by atoms with Gasteiger partial charge in [-0.3, -0.25) is 0 Å². The van der Waals surface area contributed by atoms with E-state index in [2.05, 4.69) is 42.9 Å². The van der Waals surface area contributed by atoms with Crippen LogP contribution in [0.2, 0.25) is 0 Å². The van der Waals surface area contributed by atoms with Crippen LogP contribution < -0.4 is 4.74 Å². The van der Waals surface area contributed by atoms with Crippen LogP contribution >= 0.6 is 0 Å². The van der Waals surface area contributed by atoms with E-state index in [0.717, 1.165) is 30.0 Å². The third kappa shape index (κ3) is 9.43. The lowest BCUT2D eigenvalue weighted by Gasteiger charge is -2.14. The standard InChI is InChI=1S/C26H40N2O/c1-4-6-8-9-10-11-12-13-15-23-20-27-26(28-21-23)24-16-18-25(19-17-24)29-22(3)14-7-5-2/h16-22H,4-15H2,1-3H3/t22-/m0/s1. The van der Waals surface area contributed by atoms with Crippen molar-refractivity contribution >= 4 is 0 Å². The van der Waals surface area contributed by atoms with Gasteiger partial charge in [0.15, 0.2) is 5.82 Å². The first-order valence-electron chi connectivity index (χ1n) is 11.8. The lowest BCUT2D eigenvalue weighted by molar-refractivity contribution is 0.207. The summed E-state index contributed by atoms with van der Waals surface area (Å²) in [6.07, 6.45) is 19.6. The summed E-state index contributed by atoms with van der Waals surface area (Å²) in [7, 11) is 0. The van der Waals surface area contributed by atoms with Gasteiger partial charge >= 0.3 is 0 Å². The maximum absolute atomic E-state index is 5.98. The fourth-order valence-corrected chi connectivity index (χ4v) is 3.56. The number of aryl methyl sites for hydroxylation is 1. The zero-order valence-electron chi connectivity index (χ0n) is 18.8. The predicted molar refractivity (Wildman–Crippen MR) is 123 cm³/mol. The summed E-state index contributed by atoms with van der Waals surface area (Å²) in [6.45, 7) is 6.62. The van der Waals surface area contributed by atoms with Gasteiger partial charge in [0.2, 0.25) is 0 Å². The molecule has 0 unspecified atom stereocenters. The molecular formula is C26H40N2O.